The second-order valence-corrected chi connectivity index (χ2v) is 16.8. The lowest BCUT2D eigenvalue weighted by atomic mass is 10.1. The van der Waals surface area contributed by atoms with Gasteiger partial charge in [0, 0.05) is 26.5 Å². The molecule has 1 aliphatic rings. The zero-order valence-corrected chi connectivity index (χ0v) is 17.6. The normalized spacial score (nSPS) is 25.2. The summed E-state index contributed by atoms with van der Waals surface area (Å²) in [4.78, 5) is 0. The molecule has 1 fully saturated rings. The molecule has 1 aliphatic heterocycles. The van der Waals surface area contributed by atoms with Crippen LogP contribution in [0.5, 0.6) is 0 Å². The molecule has 7 heteroatoms. The highest BCUT2D eigenvalue weighted by Crippen LogP contribution is 2.22. The lowest BCUT2D eigenvalue weighted by Crippen LogP contribution is -2.49. The first-order valence-corrected chi connectivity index (χ1v) is 14.1. The van der Waals surface area contributed by atoms with Crippen LogP contribution in [0.4, 0.5) is 0 Å². The number of ether oxygens (including phenoxy) is 2. The van der Waals surface area contributed by atoms with Gasteiger partial charge in [0.05, 0.1) is 21.8 Å². The van der Waals surface area contributed by atoms with Crippen molar-refractivity contribution in [1.29, 1.82) is 0 Å². The summed E-state index contributed by atoms with van der Waals surface area (Å²) in [6, 6.07) is 1.31. The predicted octanol–water partition coefficient (Wildman–Crippen LogP) is 3.24. The Morgan fingerprint density at radius 1 is 1.32 bits per heavy atom. The fourth-order valence-electron chi connectivity index (χ4n) is 1.90. The smallest absolute Gasteiger partial charge is 0.147 e. The SMILES string of the molecule is CC(C)(C)[S@@](=O)N[C@@H]1CCSC[C@H]1OCOCC[Si](C)(C)C. The molecule has 0 saturated carbocycles. The van der Waals surface area contributed by atoms with Crippen LogP contribution in [-0.4, -0.2) is 54.1 Å². The minimum Gasteiger partial charge on any atom is -0.356 e. The van der Waals surface area contributed by atoms with E-state index >= 15 is 0 Å². The standard InChI is InChI=1S/C15H33NO3S2Si/c1-15(2,3)21(17)16-13-7-9-20-11-14(13)19-12-18-8-10-22(4,5)6/h13-14,16H,7-12H2,1-6H3/t13-,14-,21-/m1/s1. The maximum absolute atomic E-state index is 12.3. The highest BCUT2D eigenvalue weighted by molar-refractivity contribution is 7.99. The molecule has 0 amide bonds. The van der Waals surface area contributed by atoms with Gasteiger partial charge in [-0.05, 0) is 39.0 Å². The third-order valence-electron chi connectivity index (χ3n) is 3.48. The quantitative estimate of drug-likeness (QED) is 0.406. The second kappa shape index (κ2) is 9.18. The summed E-state index contributed by atoms with van der Waals surface area (Å²) in [6.07, 6.45) is 1.07. The van der Waals surface area contributed by atoms with Gasteiger partial charge in [0.15, 0.2) is 0 Å². The van der Waals surface area contributed by atoms with Crippen LogP contribution in [0.2, 0.25) is 25.7 Å². The summed E-state index contributed by atoms with van der Waals surface area (Å²) in [7, 11) is -2.09. The maximum Gasteiger partial charge on any atom is 0.147 e. The number of thioether (sulfide) groups is 1. The third-order valence-corrected chi connectivity index (χ3v) is 7.90. The van der Waals surface area contributed by atoms with E-state index in [1.165, 1.54) is 0 Å². The van der Waals surface area contributed by atoms with Crippen molar-refractivity contribution in [2.75, 3.05) is 24.9 Å². The zero-order valence-electron chi connectivity index (χ0n) is 14.9. The van der Waals surface area contributed by atoms with Crippen molar-refractivity contribution in [3.63, 3.8) is 0 Å². The van der Waals surface area contributed by atoms with Crippen molar-refractivity contribution in [3.8, 4) is 0 Å². The minimum atomic E-state index is -1.05. The molecule has 0 radical (unpaired) electrons. The molecule has 3 atom stereocenters. The van der Waals surface area contributed by atoms with Crippen molar-refractivity contribution >= 4 is 30.8 Å². The van der Waals surface area contributed by atoms with Gasteiger partial charge >= 0.3 is 0 Å². The van der Waals surface area contributed by atoms with Crippen molar-refractivity contribution in [2.45, 2.75) is 69.8 Å². The molecule has 0 spiro atoms. The molecule has 0 aromatic carbocycles. The van der Waals surface area contributed by atoms with Crippen LogP contribution in [0.1, 0.15) is 27.2 Å². The molecule has 0 aromatic heterocycles. The Kier molecular flexibility index (Phi) is 8.61. The van der Waals surface area contributed by atoms with Crippen LogP contribution in [0, 0.1) is 0 Å². The Hall–Kier alpha value is 0.597. The van der Waals surface area contributed by atoms with Crippen LogP contribution in [0.25, 0.3) is 0 Å². The Labute approximate surface area is 144 Å². The third kappa shape index (κ3) is 8.45. The fourth-order valence-corrected chi connectivity index (χ4v) is 4.70. The van der Waals surface area contributed by atoms with Gasteiger partial charge in [-0.2, -0.15) is 11.8 Å². The highest BCUT2D eigenvalue weighted by atomic mass is 32.2. The molecule has 1 heterocycles. The van der Waals surface area contributed by atoms with Gasteiger partial charge in [-0.3, -0.25) is 0 Å². The number of hydrogen-bond donors (Lipinski definition) is 1. The first kappa shape index (κ1) is 20.6. The van der Waals surface area contributed by atoms with E-state index in [0.717, 1.165) is 30.6 Å². The lowest BCUT2D eigenvalue weighted by molar-refractivity contribution is -0.0877. The summed E-state index contributed by atoms with van der Waals surface area (Å²) >= 11 is 1.90. The molecule has 1 saturated heterocycles. The molecular weight excluding hydrogens is 334 g/mol. The van der Waals surface area contributed by atoms with Crippen LogP contribution >= 0.6 is 11.8 Å². The average Bonchev–Trinajstić information content (AvgIpc) is 2.37. The molecule has 0 aromatic rings. The Morgan fingerprint density at radius 2 is 2.00 bits per heavy atom. The largest absolute Gasteiger partial charge is 0.356 e. The van der Waals surface area contributed by atoms with Gasteiger partial charge < -0.3 is 9.47 Å². The highest BCUT2D eigenvalue weighted by Gasteiger charge is 2.30. The summed E-state index contributed by atoms with van der Waals surface area (Å²) in [6.45, 7) is 14.1. The number of nitrogens with one attached hydrogen (secondary N) is 1. The van der Waals surface area contributed by atoms with Gasteiger partial charge in [0.1, 0.15) is 6.79 Å². The summed E-state index contributed by atoms with van der Waals surface area (Å²) < 4.78 is 26.8. The molecule has 4 nitrogen and oxygen atoms in total. The van der Waals surface area contributed by atoms with E-state index in [-0.39, 0.29) is 16.9 Å². The molecule has 0 unspecified atom stereocenters. The zero-order chi connectivity index (χ0) is 16.8. The fraction of sp³-hybridized carbons (Fsp3) is 1.00. The van der Waals surface area contributed by atoms with Crippen molar-refractivity contribution in [1.82, 2.24) is 4.72 Å². The van der Waals surface area contributed by atoms with Crippen LogP contribution in [0.3, 0.4) is 0 Å². The molecule has 132 valence electrons. The lowest BCUT2D eigenvalue weighted by Gasteiger charge is -2.33. The van der Waals surface area contributed by atoms with E-state index in [4.69, 9.17) is 9.47 Å². The van der Waals surface area contributed by atoms with E-state index < -0.39 is 19.1 Å². The Morgan fingerprint density at radius 3 is 2.59 bits per heavy atom. The Bertz CT molecular complexity index is 356. The van der Waals surface area contributed by atoms with Gasteiger partial charge in [-0.15, -0.1) is 0 Å². The first-order valence-electron chi connectivity index (χ1n) is 8.05. The van der Waals surface area contributed by atoms with Gasteiger partial charge in [-0.25, -0.2) is 8.93 Å². The number of hydrogen-bond acceptors (Lipinski definition) is 4. The Balaban J connectivity index is 2.34. The monoisotopic (exact) mass is 367 g/mol. The maximum atomic E-state index is 12.3. The van der Waals surface area contributed by atoms with Crippen molar-refractivity contribution in [3.05, 3.63) is 0 Å². The van der Waals surface area contributed by atoms with E-state index in [0.29, 0.717) is 6.79 Å². The second-order valence-electron chi connectivity index (χ2n) is 8.01. The predicted molar refractivity (Wildman–Crippen MR) is 101 cm³/mol. The van der Waals surface area contributed by atoms with E-state index in [1.54, 1.807) is 0 Å². The number of rotatable bonds is 8. The van der Waals surface area contributed by atoms with Crippen molar-refractivity contribution < 1.29 is 13.7 Å². The van der Waals surface area contributed by atoms with E-state index in [9.17, 15) is 4.21 Å². The van der Waals surface area contributed by atoms with Crippen LogP contribution in [-0.2, 0) is 20.5 Å². The van der Waals surface area contributed by atoms with Gasteiger partial charge in [-0.1, -0.05) is 19.6 Å². The summed E-state index contributed by atoms with van der Waals surface area (Å²) in [5, 5.41) is 0. The van der Waals surface area contributed by atoms with Crippen LogP contribution in [0.15, 0.2) is 0 Å². The molecule has 0 aliphatic carbocycles. The first-order chi connectivity index (χ1) is 10.1. The van der Waals surface area contributed by atoms with Gasteiger partial charge in [0.25, 0.3) is 0 Å². The van der Waals surface area contributed by atoms with E-state index in [1.807, 2.05) is 32.5 Å². The average molecular weight is 368 g/mol. The molecule has 1 rings (SSSR count). The topological polar surface area (TPSA) is 47.6 Å². The summed E-state index contributed by atoms with van der Waals surface area (Å²) in [5.41, 5.74) is 0. The van der Waals surface area contributed by atoms with Crippen LogP contribution < -0.4 is 4.72 Å². The summed E-state index contributed by atoms with van der Waals surface area (Å²) in [5.74, 6) is 2.03. The molecule has 1 N–H and O–H groups in total. The molecule has 22 heavy (non-hydrogen) atoms. The van der Waals surface area contributed by atoms with E-state index in [2.05, 4.69) is 24.4 Å². The van der Waals surface area contributed by atoms with Crippen molar-refractivity contribution in [2.24, 2.45) is 0 Å². The molecule has 0 bridgehead atoms. The minimum absolute atomic E-state index is 0.0805. The molecular formula is C15H33NO3S2Si. The van der Waals surface area contributed by atoms with Gasteiger partial charge in [0.2, 0.25) is 0 Å².